The summed E-state index contributed by atoms with van der Waals surface area (Å²) in [6.45, 7) is 21.3. The number of rotatable bonds is 14. The first-order chi connectivity index (χ1) is 32.8. The van der Waals surface area contributed by atoms with Crippen molar-refractivity contribution in [1.29, 1.82) is 0 Å². The van der Waals surface area contributed by atoms with E-state index in [9.17, 15) is 25.9 Å². The number of nitrogens with one attached hydrogen (secondary N) is 6. The van der Waals surface area contributed by atoms with Gasteiger partial charge in [0.2, 0.25) is 35.7 Å². The number of anilines is 8. The molecular weight excluding hydrogens is 941 g/mol. The third-order valence-electron chi connectivity index (χ3n) is 12.4. The van der Waals surface area contributed by atoms with Crippen LogP contribution >= 0.6 is 0 Å². The van der Waals surface area contributed by atoms with Crippen molar-refractivity contribution >= 4 is 79.5 Å². The molecule has 4 aliphatic heterocycles. The van der Waals surface area contributed by atoms with Gasteiger partial charge in [0.05, 0.1) is 36.2 Å². The smallest absolute Gasteiger partial charge is 0.233 e. The second-order valence-electron chi connectivity index (χ2n) is 21.0. The van der Waals surface area contributed by atoms with Gasteiger partial charge in [0.25, 0.3) is 0 Å². The first-order valence-corrected chi connectivity index (χ1v) is 26.3. The summed E-state index contributed by atoms with van der Waals surface area (Å²) in [5.41, 5.74) is -0.346. The van der Waals surface area contributed by atoms with Crippen LogP contribution < -0.4 is 41.7 Å². The van der Waals surface area contributed by atoms with Gasteiger partial charge in [-0.05, 0) is 116 Å². The van der Waals surface area contributed by atoms with Crippen LogP contribution in [0.3, 0.4) is 0 Å². The lowest BCUT2D eigenvalue weighted by Gasteiger charge is -2.46. The minimum Gasteiger partial charge on any atom is -0.744 e. The minimum absolute atomic E-state index is 0.0252. The molecule has 0 atom stereocenters. The molecule has 24 heteroatoms. The van der Waals surface area contributed by atoms with Gasteiger partial charge in [0.15, 0.2) is 0 Å². The zero-order chi connectivity index (χ0) is 50.3. The summed E-state index contributed by atoms with van der Waals surface area (Å²) >= 11 is 0. The first kappa shape index (κ1) is 51.0. The summed E-state index contributed by atoms with van der Waals surface area (Å²) in [4.78, 5) is 30.8. The molecular formula is C46H64N14O8S2-2. The van der Waals surface area contributed by atoms with E-state index < -0.39 is 30.0 Å². The summed E-state index contributed by atoms with van der Waals surface area (Å²) < 4.78 is 87.9. The predicted molar refractivity (Wildman–Crippen MR) is 266 cm³/mol. The Morgan fingerprint density at radius 3 is 1.20 bits per heavy atom. The van der Waals surface area contributed by atoms with Crippen LogP contribution in [0.25, 0.3) is 12.2 Å². The highest BCUT2D eigenvalue weighted by atomic mass is 32.2. The summed E-state index contributed by atoms with van der Waals surface area (Å²) in [7, 11) is -10.2. The number of benzene rings is 2. The molecule has 0 spiro atoms. The average molecular weight is 1010 g/mol. The largest absolute Gasteiger partial charge is 0.744 e. The molecule has 0 radical (unpaired) electrons. The van der Waals surface area contributed by atoms with Gasteiger partial charge in [0, 0.05) is 71.8 Å². The molecule has 4 fully saturated rings. The van der Waals surface area contributed by atoms with Crippen LogP contribution in [0.2, 0.25) is 0 Å². The Morgan fingerprint density at radius 1 is 0.543 bits per heavy atom. The van der Waals surface area contributed by atoms with Crippen molar-refractivity contribution in [2.24, 2.45) is 0 Å². The van der Waals surface area contributed by atoms with Gasteiger partial charge in [0.1, 0.15) is 20.2 Å². The monoisotopic (exact) mass is 1000 g/mol. The number of hydrogen-bond donors (Lipinski definition) is 6. The molecule has 0 bridgehead atoms. The van der Waals surface area contributed by atoms with E-state index in [1.54, 1.807) is 0 Å². The fourth-order valence-corrected chi connectivity index (χ4v) is 11.8. The molecule has 70 heavy (non-hydrogen) atoms. The molecule has 0 saturated carbocycles. The number of aromatic nitrogens is 6. The van der Waals surface area contributed by atoms with Crippen molar-refractivity contribution in [2.75, 3.05) is 83.7 Å². The van der Waals surface area contributed by atoms with E-state index in [1.165, 1.54) is 36.4 Å². The van der Waals surface area contributed by atoms with Crippen LogP contribution in [0, 0.1) is 0 Å². The normalized spacial score (nSPS) is 20.8. The van der Waals surface area contributed by atoms with Crippen LogP contribution in [0.1, 0.15) is 92.2 Å². The van der Waals surface area contributed by atoms with E-state index in [-0.39, 0.29) is 68.6 Å². The van der Waals surface area contributed by atoms with Gasteiger partial charge in [-0.25, -0.2) is 16.8 Å². The Bertz CT molecular complexity index is 2600. The van der Waals surface area contributed by atoms with E-state index in [1.807, 2.05) is 9.80 Å². The third-order valence-corrected chi connectivity index (χ3v) is 14.2. The van der Waals surface area contributed by atoms with Crippen molar-refractivity contribution in [3.63, 3.8) is 0 Å². The van der Waals surface area contributed by atoms with Gasteiger partial charge in [-0.3, -0.25) is 0 Å². The maximum absolute atomic E-state index is 12.8. The molecule has 6 heterocycles. The van der Waals surface area contributed by atoms with Gasteiger partial charge >= 0.3 is 0 Å². The van der Waals surface area contributed by atoms with Gasteiger partial charge in [-0.1, -0.05) is 24.3 Å². The molecule has 0 amide bonds. The fraction of sp³-hybridized carbons (Fsp3) is 0.565. The lowest BCUT2D eigenvalue weighted by molar-refractivity contribution is 0.122. The SMILES string of the molecule is CC1(C)CC(Nc2nc(Nc3ccc(/C=C/c4ccc(Nc5nc(NC6CC(C)(C)NC(C)(C)C6)nc(N6CCOCC6)n5)cc4S(=O)(=O)[O-])c(S(=O)(=O)[O-])c3)nc(N3CCOCC3)n2)CC(C)(C)N1. The minimum atomic E-state index is -5.11. The maximum Gasteiger partial charge on any atom is 0.233 e. The van der Waals surface area contributed by atoms with Crippen LogP contribution in [0.5, 0.6) is 0 Å². The van der Waals surface area contributed by atoms with Crippen LogP contribution in [0.15, 0.2) is 46.2 Å². The van der Waals surface area contributed by atoms with E-state index in [0.29, 0.717) is 76.4 Å². The van der Waals surface area contributed by atoms with Gasteiger partial charge in [-0.15, -0.1) is 0 Å². The number of morpholine rings is 2. The number of piperidine rings is 2. The molecule has 4 aliphatic rings. The molecule has 6 N–H and O–H groups in total. The molecule has 2 aromatic carbocycles. The van der Waals surface area contributed by atoms with E-state index >= 15 is 0 Å². The topological polar surface area (TPSA) is 289 Å². The maximum atomic E-state index is 12.8. The number of ether oxygens (including phenoxy) is 2. The van der Waals surface area contributed by atoms with Crippen LogP contribution in [-0.4, -0.2) is 143 Å². The lowest BCUT2D eigenvalue weighted by atomic mass is 9.79. The van der Waals surface area contributed by atoms with Crippen molar-refractivity contribution in [1.82, 2.24) is 40.5 Å². The van der Waals surface area contributed by atoms with Gasteiger partial charge in [-0.2, -0.15) is 29.9 Å². The number of nitrogens with zero attached hydrogens (tertiary/aromatic N) is 8. The Labute approximate surface area is 410 Å². The zero-order valence-corrected chi connectivity index (χ0v) is 42.6. The number of hydrogen-bond acceptors (Lipinski definition) is 22. The third kappa shape index (κ3) is 13.3. The molecule has 8 rings (SSSR count). The second kappa shape index (κ2) is 19.7. The molecule has 4 saturated heterocycles. The summed E-state index contributed by atoms with van der Waals surface area (Å²) in [6, 6.07) is 8.19. The standard InChI is InChI=1S/C46H66N14O8S2/c1-43(2)25-33(26-44(3,4)57-43)49-39-51-37(53-41(55-39)59-15-19-67-20-16-59)47-31-13-11-29(35(23-31)69(61,62)63)9-10-30-12-14-32(24-36(30)70(64,65)66)48-38-52-40(56-42(54-38)60-17-21-68-22-18-60)50-34-27-45(5,6)58-46(7,8)28-34/h9-14,23-24,33-34,57-58H,15-22,25-28H2,1-8H3,(H,61,62,63)(H,64,65,66)(H2,47,49,51,53,55)(H2,48,50,52,54,56)/p-2/b10-9+. The van der Waals surface area contributed by atoms with Gasteiger partial charge < -0.3 is 60.3 Å². The molecule has 2 aromatic heterocycles. The van der Waals surface area contributed by atoms with E-state index in [0.717, 1.165) is 37.8 Å². The van der Waals surface area contributed by atoms with Crippen LogP contribution in [-0.2, 0) is 29.7 Å². The summed E-state index contributed by atoms with van der Waals surface area (Å²) in [6.07, 6.45) is 5.72. The molecule has 0 unspecified atom stereocenters. The first-order valence-electron chi connectivity index (χ1n) is 23.5. The summed E-state index contributed by atoms with van der Waals surface area (Å²) in [5, 5.41) is 20.5. The molecule has 0 aliphatic carbocycles. The van der Waals surface area contributed by atoms with E-state index in [2.05, 4.69) is 107 Å². The quantitative estimate of drug-likeness (QED) is 0.0741. The Balaban J connectivity index is 1.05. The Kier molecular flexibility index (Phi) is 14.4. The van der Waals surface area contributed by atoms with Crippen LogP contribution in [0.4, 0.5) is 47.1 Å². The van der Waals surface area contributed by atoms with Crippen molar-refractivity contribution in [3.05, 3.63) is 47.5 Å². The van der Waals surface area contributed by atoms with Crippen molar-refractivity contribution in [2.45, 2.75) is 125 Å². The van der Waals surface area contributed by atoms with Crippen molar-refractivity contribution < 1.29 is 35.4 Å². The highest BCUT2D eigenvalue weighted by Gasteiger charge is 2.39. The highest BCUT2D eigenvalue weighted by Crippen LogP contribution is 2.34. The molecule has 22 nitrogen and oxygen atoms in total. The fourth-order valence-electron chi connectivity index (χ4n) is 10.4. The lowest BCUT2D eigenvalue weighted by Crippen LogP contribution is -2.60. The zero-order valence-electron chi connectivity index (χ0n) is 40.9. The molecule has 380 valence electrons. The molecule has 4 aromatic rings. The Hall–Kier alpha value is -5.34. The highest BCUT2D eigenvalue weighted by molar-refractivity contribution is 7.86. The second-order valence-corrected chi connectivity index (χ2v) is 23.7. The van der Waals surface area contributed by atoms with E-state index in [4.69, 9.17) is 19.4 Å². The summed E-state index contributed by atoms with van der Waals surface area (Å²) in [5.74, 6) is 1.66. The van der Waals surface area contributed by atoms with Crippen molar-refractivity contribution in [3.8, 4) is 0 Å². The predicted octanol–water partition coefficient (Wildman–Crippen LogP) is 4.64. The Morgan fingerprint density at radius 2 is 0.871 bits per heavy atom. The average Bonchev–Trinajstić information content (AvgIpc) is 3.24.